The van der Waals surface area contributed by atoms with Crippen molar-refractivity contribution in [3.63, 3.8) is 0 Å². The Morgan fingerprint density at radius 1 is 1.26 bits per heavy atom. The van der Waals surface area contributed by atoms with E-state index < -0.39 is 10.0 Å². The number of hydrogen-bond acceptors (Lipinski definition) is 4. The van der Waals surface area contributed by atoms with Gasteiger partial charge >= 0.3 is 0 Å². The molecule has 23 heavy (non-hydrogen) atoms. The molecule has 1 fully saturated rings. The number of aryl methyl sites for hydroxylation is 1. The molecule has 7 heteroatoms. The van der Waals surface area contributed by atoms with Gasteiger partial charge in [0.25, 0.3) is 10.0 Å². The summed E-state index contributed by atoms with van der Waals surface area (Å²) in [6, 6.07) is 8.23. The molecule has 1 aromatic heterocycles. The van der Waals surface area contributed by atoms with Crippen molar-refractivity contribution in [2.75, 3.05) is 16.2 Å². The second-order valence-corrected chi connectivity index (χ2v) is 7.13. The molecule has 1 saturated heterocycles. The van der Waals surface area contributed by atoms with Crippen LogP contribution < -0.4 is 9.62 Å². The Morgan fingerprint density at radius 2 is 2.09 bits per heavy atom. The Kier molecular flexibility index (Phi) is 4.04. The van der Waals surface area contributed by atoms with E-state index in [-0.39, 0.29) is 10.8 Å². The Labute approximate surface area is 135 Å². The van der Waals surface area contributed by atoms with Gasteiger partial charge in [-0.3, -0.25) is 14.5 Å². The van der Waals surface area contributed by atoms with Crippen molar-refractivity contribution in [3.8, 4) is 0 Å². The van der Waals surface area contributed by atoms with Crippen molar-refractivity contribution >= 4 is 27.3 Å². The van der Waals surface area contributed by atoms with Gasteiger partial charge in [-0.15, -0.1) is 0 Å². The van der Waals surface area contributed by atoms with E-state index in [4.69, 9.17) is 0 Å². The molecule has 1 aromatic carbocycles. The van der Waals surface area contributed by atoms with Crippen LogP contribution in [-0.4, -0.2) is 25.9 Å². The van der Waals surface area contributed by atoms with Crippen LogP contribution in [-0.2, 0) is 14.8 Å². The highest BCUT2D eigenvalue weighted by Gasteiger charge is 2.23. The van der Waals surface area contributed by atoms with Crippen molar-refractivity contribution < 1.29 is 13.2 Å². The lowest BCUT2D eigenvalue weighted by Gasteiger charge is -2.19. The van der Waals surface area contributed by atoms with Crippen LogP contribution in [0.1, 0.15) is 18.4 Å². The lowest BCUT2D eigenvalue weighted by Crippen LogP contribution is -2.24. The fourth-order valence-electron chi connectivity index (χ4n) is 2.64. The van der Waals surface area contributed by atoms with E-state index in [1.165, 1.54) is 18.5 Å². The second kappa shape index (κ2) is 6.00. The van der Waals surface area contributed by atoms with E-state index in [0.29, 0.717) is 18.7 Å². The third kappa shape index (κ3) is 3.19. The van der Waals surface area contributed by atoms with E-state index in [1.807, 2.05) is 6.92 Å². The molecule has 0 unspecified atom stereocenters. The van der Waals surface area contributed by atoms with E-state index in [2.05, 4.69) is 9.71 Å². The lowest BCUT2D eigenvalue weighted by atomic mass is 10.1. The molecule has 6 nitrogen and oxygen atoms in total. The molecular formula is C16H17N3O3S. The van der Waals surface area contributed by atoms with Crippen molar-refractivity contribution in [2.45, 2.75) is 24.7 Å². The van der Waals surface area contributed by atoms with Gasteiger partial charge in [-0.25, -0.2) is 8.42 Å². The number of amides is 1. The Balaban J connectivity index is 1.85. The smallest absolute Gasteiger partial charge is 0.263 e. The quantitative estimate of drug-likeness (QED) is 0.932. The molecule has 2 aromatic rings. The predicted octanol–water partition coefficient (Wildman–Crippen LogP) is 2.32. The number of benzene rings is 1. The topological polar surface area (TPSA) is 79.4 Å². The third-order valence-electron chi connectivity index (χ3n) is 3.76. The molecule has 0 radical (unpaired) electrons. The first kappa shape index (κ1) is 15.5. The summed E-state index contributed by atoms with van der Waals surface area (Å²) >= 11 is 0. The van der Waals surface area contributed by atoms with Gasteiger partial charge in [0, 0.05) is 36.7 Å². The number of carbonyl (C=O) groups is 1. The lowest BCUT2D eigenvalue weighted by molar-refractivity contribution is -0.117. The molecule has 1 N–H and O–H groups in total. The highest BCUT2D eigenvalue weighted by molar-refractivity contribution is 7.92. The first-order chi connectivity index (χ1) is 11.0. The number of pyridine rings is 1. The molecule has 1 aliphatic rings. The molecule has 2 heterocycles. The molecule has 0 saturated carbocycles. The summed E-state index contributed by atoms with van der Waals surface area (Å²) in [5.74, 6) is 0.108. The van der Waals surface area contributed by atoms with E-state index in [9.17, 15) is 13.2 Å². The highest BCUT2D eigenvalue weighted by atomic mass is 32.2. The number of nitrogens with zero attached hydrogens (tertiary/aromatic N) is 2. The summed E-state index contributed by atoms with van der Waals surface area (Å²) in [7, 11) is -3.67. The zero-order chi connectivity index (χ0) is 16.4. The summed E-state index contributed by atoms with van der Waals surface area (Å²) in [5.41, 5.74) is 2.14. The summed E-state index contributed by atoms with van der Waals surface area (Å²) in [6.07, 6.45) is 4.24. The fourth-order valence-corrected chi connectivity index (χ4v) is 3.66. The minimum Gasteiger partial charge on any atom is -0.312 e. The largest absolute Gasteiger partial charge is 0.312 e. The van der Waals surface area contributed by atoms with Gasteiger partial charge in [0.2, 0.25) is 5.91 Å². The number of carbonyl (C=O) groups excluding carboxylic acids is 1. The minimum atomic E-state index is -3.67. The highest BCUT2D eigenvalue weighted by Crippen LogP contribution is 2.28. The zero-order valence-electron chi connectivity index (χ0n) is 12.7. The maximum Gasteiger partial charge on any atom is 0.263 e. The van der Waals surface area contributed by atoms with Gasteiger partial charge in [-0.05, 0) is 49.2 Å². The molecule has 0 spiro atoms. The van der Waals surface area contributed by atoms with Crippen molar-refractivity contribution in [1.82, 2.24) is 4.98 Å². The van der Waals surface area contributed by atoms with E-state index in [1.54, 1.807) is 29.2 Å². The average Bonchev–Trinajstić information content (AvgIpc) is 2.94. The number of sulfonamides is 1. The summed E-state index contributed by atoms with van der Waals surface area (Å²) in [4.78, 5) is 17.5. The van der Waals surface area contributed by atoms with Gasteiger partial charge in [0.1, 0.15) is 4.90 Å². The summed E-state index contributed by atoms with van der Waals surface area (Å²) in [6.45, 7) is 2.57. The molecule has 1 aliphatic heterocycles. The van der Waals surface area contributed by atoms with Crippen LogP contribution in [0.2, 0.25) is 0 Å². The maximum absolute atomic E-state index is 12.3. The number of aromatic nitrogens is 1. The first-order valence-electron chi connectivity index (χ1n) is 7.31. The van der Waals surface area contributed by atoms with Crippen molar-refractivity contribution in [3.05, 3.63) is 48.3 Å². The van der Waals surface area contributed by atoms with Crippen LogP contribution in [0.15, 0.2) is 47.6 Å². The average molecular weight is 331 g/mol. The van der Waals surface area contributed by atoms with Crippen molar-refractivity contribution in [2.24, 2.45) is 0 Å². The van der Waals surface area contributed by atoms with E-state index in [0.717, 1.165) is 17.7 Å². The molecule has 3 rings (SSSR count). The van der Waals surface area contributed by atoms with Gasteiger partial charge in [-0.2, -0.15) is 0 Å². The Hall–Kier alpha value is -2.41. The van der Waals surface area contributed by atoms with E-state index >= 15 is 0 Å². The molecule has 120 valence electrons. The number of rotatable bonds is 4. The van der Waals surface area contributed by atoms with Gasteiger partial charge in [0.05, 0.1) is 0 Å². The Bertz CT molecular complexity index is 835. The van der Waals surface area contributed by atoms with Crippen LogP contribution >= 0.6 is 0 Å². The minimum absolute atomic E-state index is 0.108. The number of anilines is 2. The van der Waals surface area contributed by atoms with Crippen molar-refractivity contribution in [1.29, 1.82) is 0 Å². The van der Waals surface area contributed by atoms with Crippen LogP contribution in [0, 0.1) is 6.92 Å². The normalized spacial score (nSPS) is 15.0. The zero-order valence-corrected chi connectivity index (χ0v) is 13.5. The first-order valence-corrected chi connectivity index (χ1v) is 8.79. The Morgan fingerprint density at radius 3 is 2.70 bits per heavy atom. The maximum atomic E-state index is 12.3. The molecule has 0 aliphatic carbocycles. The monoisotopic (exact) mass is 331 g/mol. The SMILES string of the molecule is Cc1cc(NS(=O)(=O)c2cccnc2)ccc1N1CCCC1=O. The van der Waals surface area contributed by atoms with Gasteiger partial charge in [-0.1, -0.05) is 0 Å². The standard InChI is InChI=1S/C16H17N3O3S/c1-12-10-13(6-7-15(12)19-9-3-5-16(19)20)18-23(21,22)14-4-2-8-17-11-14/h2,4,6-8,10-11,18H,3,5,9H2,1H3. The van der Waals surface area contributed by atoms with Crippen LogP contribution in [0.25, 0.3) is 0 Å². The fraction of sp³-hybridized carbons (Fsp3) is 0.250. The second-order valence-electron chi connectivity index (χ2n) is 5.44. The molecule has 1 amide bonds. The predicted molar refractivity (Wildman–Crippen MR) is 87.8 cm³/mol. The number of nitrogens with one attached hydrogen (secondary N) is 1. The summed E-state index contributed by atoms with van der Waals surface area (Å²) < 4.78 is 27.1. The van der Waals surface area contributed by atoms with Gasteiger partial charge in [0.15, 0.2) is 0 Å². The van der Waals surface area contributed by atoms with Crippen LogP contribution in [0.4, 0.5) is 11.4 Å². The number of hydrogen-bond donors (Lipinski definition) is 1. The molecular weight excluding hydrogens is 314 g/mol. The molecule has 0 atom stereocenters. The van der Waals surface area contributed by atoms with Gasteiger partial charge < -0.3 is 4.90 Å². The summed E-state index contributed by atoms with van der Waals surface area (Å²) in [5, 5.41) is 0. The third-order valence-corrected chi connectivity index (χ3v) is 5.12. The van der Waals surface area contributed by atoms with Crippen LogP contribution in [0.3, 0.4) is 0 Å². The molecule has 0 bridgehead atoms. The van der Waals surface area contributed by atoms with Crippen LogP contribution in [0.5, 0.6) is 0 Å².